The summed E-state index contributed by atoms with van der Waals surface area (Å²) in [6.45, 7) is 1.97. The Balaban J connectivity index is 2.25. The van der Waals surface area contributed by atoms with Gasteiger partial charge in [-0.25, -0.2) is 4.39 Å². The molecule has 0 atom stereocenters. The van der Waals surface area contributed by atoms with Crippen LogP contribution in [0.3, 0.4) is 0 Å². The average molecular weight is 387 g/mol. The van der Waals surface area contributed by atoms with Crippen molar-refractivity contribution in [3.63, 3.8) is 0 Å². The third-order valence-electron chi connectivity index (χ3n) is 2.55. The molecule has 0 saturated heterocycles. The lowest BCUT2D eigenvalue weighted by molar-refractivity contribution is 0.102. The number of nitrogens with one attached hydrogen (secondary N) is 1. The van der Waals surface area contributed by atoms with E-state index in [-0.39, 0.29) is 11.7 Å². The average Bonchev–Trinajstić information content (AvgIpc) is 2.32. The molecule has 2 nitrogen and oxygen atoms in total. The topological polar surface area (TPSA) is 29.1 Å². The highest BCUT2D eigenvalue weighted by molar-refractivity contribution is 9.11. The number of benzene rings is 2. The Kier molecular flexibility index (Phi) is 4.37. The first-order chi connectivity index (χ1) is 8.97. The SMILES string of the molecule is Cc1ccc(NC(=O)c2ccc(F)cc2Br)c(Br)c1. The molecule has 0 aliphatic carbocycles. The monoisotopic (exact) mass is 385 g/mol. The number of amides is 1. The summed E-state index contributed by atoms with van der Waals surface area (Å²) in [5.74, 6) is -0.684. The van der Waals surface area contributed by atoms with Gasteiger partial charge in [-0.05, 0) is 74.7 Å². The van der Waals surface area contributed by atoms with Gasteiger partial charge >= 0.3 is 0 Å². The Hall–Kier alpha value is -1.20. The largest absolute Gasteiger partial charge is 0.321 e. The van der Waals surface area contributed by atoms with Crippen LogP contribution in [0.1, 0.15) is 15.9 Å². The van der Waals surface area contributed by atoms with Crippen molar-refractivity contribution in [1.82, 2.24) is 0 Å². The van der Waals surface area contributed by atoms with Gasteiger partial charge in [0.1, 0.15) is 5.82 Å². The molecule has 2 aromatic rings. The van der Waals surface area contributed by atoms with Gasteiger partial charge in [-0.1, -0.05) is 6.07 Å². The number of hydrogen-bond acceptors (Lipinski definition) is 1. The Morgan fingerprint density at radius 1 is 1.11 bits per heavy atom. The van der Waals surface area contributed by atoms with Crippen LogP contribution in [0.15, 0.2) is 45.3 Å². The van der Waals surface area contributed by atoms with Gasteiger partial charge in [0.25, 0.3) is 5.91 Å². The van der Waals surface area contributed by atoms with Crippen LogP contribution < -0.4 is 5.32 Å². The zero-order chi connectivity index (χ0) is 14.0. The van der Waals surface area contributed by atoms with Crippen LogP contribution in [0.25, 0.3) is 0 Å². The molecule has 0 aliphatic rings. The van der Waals surface area contributed by atoms with E-state index in [1.54, 1.807) is 0 Å². The maximum Gasteiger partial charge on any atom is 0.256 e. The van der Waals surface area contributed by atoms with Gasteiger partial charge in [0.2, 0.25) is 0 Å². The Morgan fingerprint density at radius 3 is 2.47 bits per heavy atom. The van der Waals surface area contributed by atoms with Crippen molar-refractivity contribution in [1.29, 1.82) is 0 Å². The third kappa shape index (κ3) is 3.42. The molecule has 2 rings (SSSR count). The first-order valence-electron chi connectivity index (χ1n) is 5.50. The molecule has 0 saturated carbocycles. The molecule has 0 aliphatic heterocycles. The quantitative estimate of drug-likeness (QED) is 0.780. The van der Waals surface area contributed by atoms with Crippen molar-refractivity contribution in [2.75, 3.05) is 5.32 Å². The summed E-state index contributed by atoms with van der Waals surface area (Å²) in [4.78, 5) is 12.1. The van der Waals surface area contributed by atoms with Crippen LogP contribution in [0.4, 0.5) is 10.1 Å². The Morgan fingerprint density at radius 2 is 1.84 bits per heavy atom. The molecule has 2 aromatic carbocycles. The molecule has 1 amide bonds. The van der Waals surface area contributed by atoms with Gasteiger partial charge in [-0.2, -0.15) is 0 Å². The fraction of sp³-hybridized carbons (Fsp3) is 0.0714. The van der Waals surface area contributed by atoms with Crippen LogP contribution in [-0.2, 0) is 0 Å². The summed E-state index contributed by atoms with van der Waals surface area (Å²) in [5.41, 5.74) is 2.15. The normalized spacial score (nSPS) is 10.3. The van der Waals surface area contributed by atoms with E-state index in [4.69, 9.17) is 0 Å². The first kappa shape index (κ1) is 14.2. The summed E-state index contributed by atoms with van der Waals surface area (Å²) in [7, 11) is 0. The van der Waals surface area contributed by atoms with Gasteiger partial charge in [0, 0.05) is 8.95 Å². The van der Waals surface area contributed by atoms with Crippen molar-refractivity contribution in [3.05, 3.63) is 62.3 Å². The molecule has 0 spiro atoms. The van der Waals surface area contributed by atoms with Crippen LogP contribution in [0, 0.1) is 12.7 Å². The molecule has 0 unspecified atom stereocenters. The fourth-order valence-electron chi connectivity index (χ4n) is 1.58. The van der Waals surface area contributed by atoms with Gasteiger partial charge in [-0.3, -0.25) is 4.79 Å². The zero-order valence-electron chi connectivity index (χ0n) is 10.0. The van der Waals surface area contributed by atoms with E-state index in [2.05, 4.69) is 37.2 Å². The summed E-state index contributed by atoms with van der Waals surface area (Å²) >= 11 is 6.57. The van der Waals surface area contributed by atoms with Gasteiger partial charge in [0.05, 0.1) is 11.3 Å². The minimum atomic E-state index is -0.389. The number of halogens is 3. The second-order valence-electron chi connectivity index (χ2n) is 4.06. The van der Waals surface area contributed by atoms with Crippen LogP contribution in [-0.4, -0.2) is 5.91 Å². The van der Waals surface area contributed by atoms with Crippen molar-refractivity contribution in [2.45, 2.75) is 6.92 Å². The molecule has 5 heteroatoms. The van der Waals surface area contributed by atoms with E-state index < -0.39 is 0 Å². The maximum absolute atomic E-state index is 13.0. The summed E-state index contributed by atoms with van der Waals surface area (Å²) in [5, 5.41) is 2.78. The molecule has 1 N–H and O–H groups in total. The van der Waals surface area contributed by atoms with E-state index in [1.165, 1.54) is 18.2 Å². The number of carbonyl (C=O) groups is 1. The lowest BCUT2D eigenvalue weighted by Gasteiger charge is -2.09. The number of anilines is 1. The second kappa shape index (κ2) is 5.84. The van der Waals surface area contributed by atoms with E-state index >= 15 is 0 Å². The van der Waals surface area contributed by atoms with Crippen molar-refractivity contribution in [3.8, 4) is 0 Å². The van der Waals surface area contributed by atoms with E-state index in [0.717, 1.165) is 10.0 Å². The number of hydrogen-bond donors (Lipinski definition) is 1. The standard InChI is InChI=1S/C14H10Br2FNO/c1-8-2-5-13(12(16)6-8)18-14(19)10-4-3-9(17)7-11(10)15/h2-7H,1H3,(H,18,19). The smallest absolute Gasteiger partial charge is 0.256 e. The number of rotatable bonds is 2. The highest BCUT2D eigenvalue weighted by Crippen LogP contribution is 2.25. The predicted molar refractivity (Wildman–Crippen MR) is 80.9 cm³/mol. The molecule has 0 heterocycles. The highest BCUT2D eigenvalue weighted by Gasteiger charge is 2.12. The molecule has 0 bridgehead atoms. The molecule has 0 aromatic heterocycles. The number of carbonyl (C=O) groups excluding carboxylic acids is 1. The lowest BCUT2D eigenvalue weighted by Crippen LogP contribution is -2.13. The lowest BCUT2D eigenvalue weighted by atomic mass is 10.2. The van der Waals surface area contributed by atoms with E-state index in [0.29, 0.717) is 15.7 Å². The molecule has 19 heavy (non-hydrogen) atoms. The van der Waals surface area contributed by atoms with Crippen molar-refractivity contribution < 1.29 is 9.18 Å². The first-order valence-corrected chi connectivity index (χ1v) is 7.08. The predicted octanol–water partition coefficient (Wildman–Crippen LogP) is 4.91. The molecular weight excluding hydrogens is 377 g/mol. The van der Waals surface area contributed by atoms with Crippen molar-refractivity contribution >= 4 is 43.5 Å². The minimum absolute atomic E-state index is 0.295. The summed E-state index contributed by atoms with van der Waals surface area (Å²) in [6, 6.07) is 9.59. The zero-order valence-corrected chi connectivity index (χ0v) is 13.2. The fourth-order valence-corrected chi connectivity index (χ4v) is 2.71. The second-order valence-corrected chi connectivity index (χ2v) is 5.77. The highest BCUT2D eigenvalue weighted by atomic mass is 79.9. The summed E-state index contributed by atoms with van der Waals surface area (Å²) < 4.78 is 14.2. The Bertz CT molecular complexity index is 643. The molecular formula is C14H10Br2FNO. The van der Waals surface area contributed by atoms with E-state index in [1.807, 2.05) is 25.1 Å². The van der Waals surface area contributed by atoms with Gasteiger partial charge in [-0.15, -0.1) is 0 Å². The summed E-state index contributed by atoms with van der Waals surface area (Å²) in [6.07, 6.45) is 0. The van der Waals surface area contributed by atoms with Crippen molar-refractivity contribution in [2.24, 2.45) is 0 Å². The Labute approximate surface area is 127 Å². The molecule has 98 valence electrons. The van der Waals surface area contributed by atoms with Gasteiger partial charge in [0.15, 0.2) is 0 Å². The molecule has 0 fully saturated rings. The maximum atomic E-state index is 13.0. The van der Waals surface area contributed by atoms with Crippen LogP contribution in [0.5, 0.6) is 0 Å². The van der Waals surface area contributed by atoms with Crippen LogP contribution >= 0.6 is 31.9 Å². The van der Waals surface area contributed by atoms with Gasteiger partial charge < -0.3 is 5.32 Å². The third-order valence-corrected chi connectivity index (χ3v) is 3.86. The van der Waals surface area contributed by atoms with E-state index in [9.17, 15) is 9.18 Å². The van der Waals surface area contributed by atoms with Crippen LogP contribution in [0.2, 0.25) is 0 Å². The molecule has 0 radical (unpaired) electrons. The number of aryl methyl sites for hydroxylation is 1. The minimum Gasteiger partial charge on any atom is -0.321 e.